The molecule has 4 heavy (non-hydrogen) atoms. The molecule has 0 aromatic carbocycles. The fourth-order valence-electron chi connectivity index (χ4n) is 0. The second-order valence-electron chi connectivity index (χ2n) is 0.321. The molecule has 0 aromatic heterocycles. The van der Waals surface area contributed by atoms with Crippen LogP contribution in [0.3, 0.4) is 0 Å². The molecule has 0 saturated carbocycles. The number of rotatable bonds is 0. The second kappa shape index (κ2) is 2.74. The molecule has 0 fully saturated rings. The van der Waals surface area contributed by atoms with E-state index < -0.39 is 6.61 Å². The molecule has 0 aromatic rings. The Balaban J connectivity index is 2.43. The van der Waals surface area contributed by atoms with Crippen LogP contribution < -0.4 is 5.11 Å². The van der Waals surface area contributed by atoms with Crippen molar-refractivity contribution in [2.45, 2.75) is 0 Å². The summed E-state index contributed by atoms with van der Waals surface area (Å²) in [7, 11) is 0. The van der Waals surface area contributed by atoms with Gasteiger partial charge in [-0.2, -0.15) is 0 Å². The summed E-state index contributed by atoms with van der Waals surface area (Å²) in [6, 6.07) is 0. The van der Waals surface area contributed by atoms with Crippen molar-refractivity contribution in [2.24, 2.45) is 0 Å². The molecule has 0 amide bonds. The first-order valence-electron chi connectivity index (χ1n) is 0.892. The Kier molecular flexibility index (Phi) is 2.56. The Morgan fingerprint density at radius 3 is 2.25 bits per heavy atom. The van der Waals surface area contributed by atoms with Gasteiger partial charge in [0.2, 0.25) is 0 Å². The van der Waals surface area contributed by atoms with E-state index in [9.17, 15) is 0 Å². The van der Waals surface area contributed by atoms with Gasteiger partial charge < -0.3 is 0 Å². The van der Waals surface area contributed by atoms with Crippen molar-refractivity contribution < 1.29 is 5.11 Å². The Bertz CT molecular complexity index is 33.0. The van der Waals surface area contributed by atoms with Crippen LogP contribution in [0, 0.1) is 12.3 Å². The van der Waals surface area contributed by atoms with E-state index in [1.165, 1.54) is 0 Å². The number of hydrogen-bond acceptors (Lipinski definition) is 1. The molecule has 0 atom stereocenters. The minimum absolute atomic E-state index is 0.514. The maximum atomic E-state index is 9.00. The summed E-state index contributed by atoms with van der Waals surface area (Å²) in [4.78, 5) is 0. The quantitative estimate of drug-likeness (QED) is 0.255. The zero-order chi connectivity index (χ0) is 3.41. The zero-order valence-electron chi connectivity index (χ0n) is 2.12. The molecule has 0 aliphatic heterocycles. The molecule has 0 radical (unpaired) electrons. The van der Waals surface area contributed by atoms with Crippen LogP contribution in [0.1, 0.15) is 0 Å². The summed E-state index contributed by atoms with van der Waals surface area (Å²) in [5.41, 5.74) is 0. The van der Waals surface area contributed by atoms with Gasteiger partial charge in [0.1, 0.15) is 0 Å². The number of hydrogen-bond donors (Lipinski definition) is 0. The van der Waals surface area contributed by atoms with Crippen LogP contribution in [0.25, 0.3) is 0 Å². The van der Waals surface area contributed by atoms with Crippen molar-refractivity contribution in [3.8, 4) is 5.92 Å². The van der Waals surface area contributed by atoms with E-state index in [1.54, 1.807) is 5.92 Å². The van der Waals surface area contributed by atoms with E-state index >= 15 is 0 Å². The molecular formula is C3H2O. The molecule has 0 aliphatic carbocycles. The van der Waals surface area contributed by atoms with Crippen molar-refractivity contribution in [1.29, 1.82) is 0 Å². The van der Waals surface area contributed by atoms with Gasteiger partial charge >= 0.3 is 24.1 Å². The Morgan fingerprint density at radius 2 is 2.25 bits per heavy atom. The molecule has 0 bridgehead atoms. The first-order chi connectivity index (χ1) is 1.91. The van der Waals surface area contributed by atoms with Gasteiger partial charge in [-0.25, -0.2) is 0 Å². The van der Waals surface area contributed by atoms with E-state index in [4.69, 9.17) is 11.5 Å². The third-order valence-electron chi connectivity index (χ3n) is 0.0722. The molecular weight excluding hydrogens is 52.0 g/mol. The van der Waals surface area contributed by atoms with E-state index in [0.717, 1.165) is 0 Å². The molecule has 0 spiro atoms. The normalized spacial score (nSPS) is 5.75. The molecule has 1 nitrogen and oxygen atoms in total. The monoisotopic (exact) mass is 54.0 g/mol. The third kappa shape index (κ3) is 1.74. The van der Waals surface area contributed by atoms with Crippen molar-refractivity contribution in [3.05, 3.63) is 6.42 Å². The molecule has 0 aliphatic rings. The van der Waals surface area contributed by atoms with Gasteiger partial charge in [0, 0.05) is 0 Å². The minimum atomic E-state index is -0.514. The summed E-state index contributed by atoms with van der Waals surface area (Å²) in [6.45, 7) is -0.514. The zero-order valence-corrected chi connectivity index (χ0v) is 2.12. The van der Waals surface area contributed by atoms with Crippen LogP contribution in [-0.2, 0) is 0 Å². The van der Waals surface area contributed by atoms with Gasteiger partial charge in [-0.1, -0.05) is 0 Å². The van der Waals surface area contributed by atoms with Gasteiger partial charge in [0.15, 0.2) is 0 Å². The second-order valence-corrected chi connectivity index (χ2v) is 0.321. The van der Waals surface area contributed by atoms with Crippen LogP contribution in [0.15, 0.2) is 0 Å². The predicted molar refractivity (Wildman–Crippen MR) is 12.0 cm³/mol. The summed E-state index contributed by atoms with van der Waals surface area (Å²) in [5.74, 6) is 1.62. The molecule has 0 N–H and O–H groups in total. The SMILES string of the molecule is [C+]#CC[O-]. The molecule has 1 heteroatoms. The Labute approximate surface area is 25.3 Å². The maximum absolute atomic E-state index is 9.00. The van der Waals surface area contributed by atoms with Crippen LogP contribution in [0.4, 0.5) is 0 Å². The van der Waals surface area contributed by atoms with Crippen LogP contribution in [0.2, 0.25) is 0 Å². The average Bonchev–Trinajstić information content (AvgIpc) is 1.37. The topological polar surface area (TPSA) is 23.1 Å². The van der Waals surface area contributed by atoms with E-state index in [0.29, 0.717) is 0 Å². The van der Waals surface area contributed by atoms with Gasteiger partial charge in [0.25, 0.3) is 0 Å². The molecule has 20 valence electrons. The van der Waals surface area contributed by atoms with Crippen LogP contribution in [0.5, 0.6) is 0 Å². The van der Waals surface area contributed by atoms with Crippen LogP contribution in [-0.4, -0.2) is 6.61 Å². The van der Waals surface area contributed by atoms with Crippen LogP contribution >= 0.6 is 0 Å². The standard InChI is InChI=1S/C3H2O/c1-2-3-4/h3H2. The average molecular weight is 54.0 g/mol. The van der Waals surface area contributed by atoms with Crippen molar-refractivity contribution in [2.75, 3.05) is 6.61 Å². The van der Waals surface area contributed by atoms with E-state index in [1.807, 2.05) is 0 Å². The Morgan fingerprint density at radius 1 is 2.00 bits per heavy atom. The van der Waals surface area contributed by atoms with Gasteiger partial charge in [-0.15, -0.1) is 0 Å². The van der Waals surface area contributed by atoms with Crippen molar-refractivity contribution in [1.82, 2.24) is 0 Å². The van der Waals surface area contributed by atoms with Crippen molar-refractivity contribution >= 4 is 0 Å². The summed E-state index contributed by atoms with van der Waals surface area (Å²) in [5, 5.41) is 9.00. The summed E-state index contributed by atoms with van der Waals surface area (Å²) >= 11 is 0. The van der Waals surface area contributed by atoms with Gasteiger partial charge in [0.05, 0.1) is 0 Å². The Hall–Kier alpha value is -0.260. The molecule has 0 rings (SSSR count). The predicted octanol–water partition coefficient (Wildman–Crippen LogP) is -1.06. The fourth-order valence-corrected chi connectivity index (χ4v) is 0. The first-order valence-corrected chi connectivity index (χ1v) is 0.892. The summed E-state index contributed by atoms with van der Waals surface area (Å²) in [6.07, 6.45) is 5.89. The van der Waals surface area contributed by atoms with E-state index in [-0.39, 0.29) is 0 Å². The van der Waals surface area contributed by atoms with Gasteiger partial charge in [-0.3, -0.25) is 0 Å². The first kappa shape index (κ1) is 3.74. The van der Waals surface area contributed by atoms with Gasteiger partial charge in [-0.05, 0) is 0 Å². The summed E-state index contributed by atoms with van der Waals surface area (Å²) < 4.78 is 0. The van der Waals surface area contributed by atoms with Crippen molar-refractivity contribution in [3.63, 3.8) is 0 Å². The fraction of sp³-hybridized carbons (Fsp3) is 0.333. The third-order valence-corrected chi connectivity index (χ3v) is 0.0722. The molecule has 0 heterocycles. The van der Waals surface area contributed by atoms with E-state index in [2.05, 4.69) is 0 Å². The molecule has 0 unspecified atom stereocenters. The molecule has 0 saturated heterocycles.